The molecule has 2 amide bonds. The Labute approximate surface area is 154 Å². The molecule has 3 fully saturated rings. The second-order valence-electron chi connectivity index (χ2n) is 8.00. The van der Waals surface area contributed by atoms with E-state index in [-0.39, 0.29) is 29.3 Å². The van der Waals surface area contributed by atoms with Crippen molar-refractivity contribution < 1.29 is 28.5 Å². The number of carbonyl (C=O) groups excluding carboxylic acids is 2. The van der Waals surface area contributed by atoms with E-state index in [1.54, 1.807) is 7.11 Å². The molecule has 2 saturated heterocycles. The van der Waals surface area contributed by atoms with Gasteiger partial charge in [-0.05, 0) is 40.0 Å². The zero-order valence-corrected chi connectivity index (χ0v) is 16.2. The monoisotopic (exact) mass is 367 g/mol. The van der Waals surface area contributed by atoms with Crippen LogP contribution >= 0.6 is 0 Å². The first kappa shape index (κ1) is 19.3. The smallest absolute Gasteiger partial charge is 0.414 e. The van der Waals surface area contributed by atoms with Gasteiger partial charge in [-0.15, -0.1) is 0 Å². The number of rotatable bonds is 5. The molecule has 7 heteroatoms. The zero-order chi connectivity index (χ0) is 19.1. The van der Waals surface area contributed by atoms with E-state index >= 15 is 0 Å². The molecule has 0 aromatic rings. The number of hydrogen-bond acceptors (Lipinski definition) is 6. The van der Waals surface area contributed by atoms with Crippen molar-refractivity contribution in [2.24, 2.45) is 5.92 Å². The van der Waals surface area contributed by atoms with Crippen LogP contribution in [0.15, 0.2) is 11.6 Å². The van der Waals surface area contributed by atoms with Gasteiger partial charge in [0, 0.05) is 14.0 Å². The summed E-state index contributed by atoms with van der Waals surface area (Å²) in [6, 6.07) is 0. The number of nitrogens with one attached hydrogen (secondary N) is 1. The molecular weight excluding hydrogens is 338 g/mol. The number of carbonyl (C=O) groups is 2. The highest BCUT2D eigenvalue weighted by atomic mass is 16.6. The fourth-order valence-corrected chi connectivity index (χ4v) is 4.38. The summed E-state index contributed by atoms with van der Waals surface area (Å²) in [6.07, 6.45) is 3.02. The summed E-state index contributed by atoms with van der Waals surface area (Å²) < 4.78 is 23.2. The Morgan fingerprint density at radius 1 is 1.31 bits per heavy atom. The van der Waals surface area contributed by atoms with Crippen LogP contribution in [0.25, 0.3) is 0 Å². The van der Waals surface area contributed by atoms with E-state index in [0.29, 0.717) is 13.0 Å². The Morgan fingerprint density at radius 3 is 2.54 bits per heavy atom. The first-order chi connectivity index (χ1) is 12.2. The lowest BCUT2D eigenvalue weighted by atomic mass is 9.68. The van der Waals surface area contributed by atoms with E-state index < -0.39 is 18.1 Å². The number of ether oxygens (including phenoxy) is 4. The molecule has 1 spiro atoms. The highest BCUT2D eigenvalue weighted by molar-refractivity contribution is 5.90. The van der Waals surface area contributed by atoms with Crippen molar-refractivity contribution in [1.82, 2.24) is 5.32 Å². The predicted molar refractivity (Wildman–Crippen MR) is 93.6 cm³/mol. The number of allylic oxidation sites excluding steroid dienone is 1. The van der Waals surface area contributed by atoms with Crippen molar-refractivity contribution in [3.63, 3.8) is 0 Å². The van der Waals surface area contributed by atoms with Gasteiger partial charge in [-0.1, -0.05) is 11.6 Å². The molecule has 6 atom stereocenters. The lowest BCUT2D eigenvalue weighted by Gasteiger charge is -2.42. The van der Waals surface area contributed by atoms with E-state index in [1.807, 2.05) is 0 Å². The molecule has 0 aromatic carbocycles. The van der Waals surface area contributed by atoms with Gasteiger partial charge in [0.15, 0.2) is 0 Å². The van der Waals surface area contributed by atoms with Crippen LogP contribution in [-0.2, 0) is 23.7 Å². The van der Waals surface area contributed by atoms with Crippen molar-refractivity contribution in [1.29, 1.82) is 0 Å². The standard InChI is InChI=1S/C19H29NO6/c1-11(2)6-7-14-18(4,26-14)16-15(23-5)13(8-9-19(16)10-24-19)25-17(22)20-12(3)21/h6,13-16H,7-10H2,1-5H3,(H,20,21,22). The molecule has 7 nitrogen and oxygen atoms in total. The number of epoxide rings is 2. The molecular formula is C19H29NO6. The Morgan fingerprint density at radius 2 is 2.00 bits per heavy atom. The molecule has 1 N–H and O–H groups in total. The molecule has 26 heavy (non-hydrogen) atoms. The summed E-state index contributed by atoms with van der Waals surface area (Å²) >= 11 is 0. The van der Waals surface area contributed by atoms with Gasteiger partial charge in [-0.3, -0.25) is 10.1 Å². The number of alkyl carbamates (subject to hydrolysis) is 1. The highest BCUT2D eigenvalue weighted by Gasteiger charge is 2.72. The second kappa shape index (κ2) is 6.94. The molecule has 1 aliphatic carbocycles. The molecule has 146 valence electrons. The molecule has 2 aliphatic heterocycles. The summed E-state index contributed by atoms with van der Waals surface area (Å²) in [5, 5.41) is 2.16. The molecule has 2 heterocycles. The molecule has 3 rings (SSSR count). The SMILES string of the molecule is COC1C(OC(=O)NC(C)=O)CCC2(CO2)C1C1(C)OC1CC=C(C)C. The van der Waals surface area contributed by atoms with Crippen molar-refractivity contribution in [2.75, 3.05) is 13.7 Å². The second-order valence-corrected chi connectivity index (χ2v) is 8.00. The largest absolute Gasteiger partial charge is 0.443 e. The van der Waals surface area contributed by atoms with Crippen LogP contribution in [0.1, 0.15) is 47.0 Å². The number of amides is 2. The van der Waals surface area contributed by atoms with Crippen LogP contribution in [0, 0.1) is 5.92 Å². The minimum Gasteiger partial charge on any atom is -0.443 e. The molecule has 3 aliphatic rings. The molecule has 0 aromatic heterocycles. The van der Waals surface area contributed by atoms with Gasteiger partial charge in [0.25, 0.3) is 0 Å². The van der Waals surface area contributed by atoms with Gasteiger partial charge in [0.1, 0.15) is 23.4 Å². The maximum absolute atomic E-state index is 11.9. The maximum Gasteiger partial charge on any atom is 0.414 e. The maximum atomic E-state index is 11.9. The van der Waals surface area contributed by atoms with Gasteiger partial charge in [-0.2, -0.15) is 0 Å². The summed E-state index contributed by atoms with van der Waals surface area (Å²) in [5.41, 5.74) is 0.628. The van der Waals surface area contributed by atoms with Crippen molar-refractivity contribution >= 4 is 12.0 Å². The van der Waals surface area contributed by atoms with E-state index in [9.17, 15) is 9.59 Å². The minimum atomic E-state index is -0.737. The molecule has 0 bridgehead atoms. The van der Waals surface area contributed by atoms with E-state index in [0.717, 1.165) is 12.8 Å². The Bertz CT molecular complexity index is 609. The summed E-state index contributed by atoms with van der Waals surface area (Å²) in [4.78, 5) is 23.0. The Balaban J connectivity index is 1.75. The van der Waals surface area contributed by atoms with Gasteiger partial charge >= 0.3 is 6.09 Å². The number of imide groups is 1. The third-order valence-electron chi connectivity index (χ3n) is 5.77. The van der Waals surface area contributed by atoms with E-state index in [4.69, 9.17) is 18.9 Å². The van der Waals surface area contributed by atoms with Crippen molar-refractivity contribution in [3.05, 3.63) is 11.6 Å². The summed E-state index contributed by atoms with van der Waals surface area (Å²) in [7, 11) is 1.62. The van der Waals surface area contributed by atoms with Crippen LogP contribution < -0.4 is 5.32 Å². The van der Waals surface area contributed by atoms with Crippen LogP contribution in [0.4, 0.5) is 4.79 Å². The third kappa shape index (κ3) is 3.66. The van der Waals surface area contributed by atoms with Gasteiger partial charge in [-0.25, -0.2) is 4.79 Å². The van der Waals surface area contributed by atoms with Gasteiger partial charge in [0.05, 0.1) is 18.6 Å². The first-order valence-corrected chi connectivity index (χ1v) is 9.18. The third-order valence-corrected chi connectivity index (χ3v) is 5.77. The summed E-state index contributed by atoms with van der Waals surface area (Å²) in [5.74, 6) is -0.475. The highest BCUT2D eigenvalue weighted by Crippen LogP contribution is 2.59. The average Bonchev–Trinajstić information content (AvgIpc) is 3.44. The van der Waals surface area contributed by atoms with Crippen LogP contribution in [-0.4, -0.2) is 55.2 Å². The first-order valence-electron chi connectivity index (χ1n) is 9.18. The fourth-order valence-electron chi connectivity index (χ4n) is 4.38. The fraction of sp³-hybridized carbons (Fsp3) is 0.789. The van der Waals surface area contributed by atoms with Gasteiger partial charge < -0.3 is 18.9 Å². The molecule has 1 saturated carbocycles. The summed E-state index contributed by atoms with van der Waals surface area (Å²) in [6.45, 7) is 8.19. The molecule has 0 radical (unpaired) electrons. The Hall–Kier alpha value is -1.44. The number of methoxy groups -OCH3 is 1. The number of hydrogen-bond donors (Lipinski definition) is 1. The lowest BCUT2D eigenvalue weighted by molar-refractivity contribution is -0.124. The van der Waals surface area contributed by atoms with E-state index in [1.165, 1.54) is 12.5 Å². The van der Waals surface area contributed by atoms with Crippen LogP contribution in [0.2, 0.25) is 0 Å². The zero-order valence-electron chi connectivity index (χ0n) is 16.2. The Kier molecular flexibility index (Phi) is 5.16. The average molecular weight is 367 g/mol. The van der Waals surface area contributed by atoms with Crippen molar-refractivity contribution in [3.8, 4) is 0 Å². The predicted octanol–water partition coefficient (Wildman–Crippen LogP) is 2.34. The van der Waals surface area contributed by atoms with Crippen LogP contribution in [0.5, 0.6) is 0 Å². The van der Waals surface area contributed by atoms with E-state index in [2.05, 4.69) is 32.2 Å². The lowest BCUT2D eigenvalue weighted by Crippen LogP contribution is -2.56. The quantitative estimate of drug-likeness (QED) is 0.592. The normalized spacial score (nSPS) is 40.7. The molecule has 6 unspecified atom stereocenters. The van der Waals surface area contributed by atoms with Crippen molar-refractivity contribution in [2.45, 2.75) is 76.5 Å². The van der Waals surface area contributed by atoms with Crippen LogP contribution in [0.3, 0.4) is 0 Å². The van der Waals surface area contributed by atoms with Gasteiger partial charge in [0.2, 0.25) is 5.91 Å². The topological polar surface area (TPSA) is 89.7 Å². The minimum absolute atomic E-state index is 0.0283.